The summed E-state index contributed by atoms with van der Waals surface area (Å²) >= 11 is 0. The van der Waals surface area contributed by atoms with Crippen molar-refractivity contribution in [2.45, 2.75) is 0 Å². The Hall–Kier alpha value is 0.595. The Morgan fingerprint density at radius 3 is 2.00 bits per heavy atom. The van der Waals surface area contributed by atoms with Gasteiger partial charge in [0.1, 0.15) is 8.93 Å². The van der Waals surface area contributed by atoms with Crippen molar-refractivity contribution in [1.82, 2.24) is 0 Å². The van der Waals surface area contributed by atoms with Gasteiger partial charge in [-0.15, -0.1) is 0 Å². The quantitative estimate of drug-likeness (QED) is 0.316. The summed E-state index contributed by atoms with van der Waals surface area (Å²) in [6.45, 7) is 0. The first-order chi connectivity index (χ1) is 1.73. The van der Waals surface area contributed by atoms with Gasteiger partial charge in [0.05, 0.1) is 0 Å². The van der Waals surface area contributed by atoms with E-state index in [4.69, 9.17) is 0 Å². The fourth-order valence-electron chi connectivity index (χ4n) is 0. The lowest BCUT2D eigenvalue weighted by atomic mass is 10.8. The smallest absolute Gasteiger partial charge is 0.0982 e. The Morgan fingerprint density at radius 2 is 2.00 bits per heavy atom. The van der Waals surface area contributed by atoms with E-state index in [1.165, 1.54) is 0 Å². The van der Waals surface area contributed by atoms with E-state index >= 15 is 0 Å². The molecule has 20 valence electrons. The molecule has 2 radical (unpaired) electrons. The maximum absolute atomic E-state index is 9.33. The van der Waals surface area contributed by atoms with Crippen LogP contribution < -0.4 is 0 Å². The van der Waals surface area contributed by atoms with Crippen LogP contribution in [0.3, 0.4) is 0 Å². The Bertz CT molecular complexity index is 29.0. The fraction of sp³-hybridized carbons (Fsp3) is 0. The highest BCUT2D eigenvalue weighted by molar-refractivity contribution is 8.19. The molecular weight excluding hydrogens is 88.8 g/mol. The average molecular weight is 90.8 g/mol. The van der Waals surface area contributed by atoms with E-state index in [-0.39, 0.29) is 0 Å². The van der Waals surface area contributed by atoms with Gasteiger partial charge in [-0.25, -0.2) is 0 Å². The lowest BCUT2D eigenvalue weighted by Crippen LogP contribution is -1.23. The maximum atomic E-state index is 9.33. The number of rotatable bonds is 0. The van der Waals surface area contributed by atoms with Crippen LogP contribution in [0.15, 0.2) is 0 Å². The highest BCUT2D eigenvalue weighted by atomic mass is 32.0. The molecule has 0 aliphatic heterocycles. The topological polar surface area (TPSA) is 17.1 Å². The number of hydrogen-bond donors (Lipinski definition) is 0. The van der Waals surface area contributed by atoms with Crippen LogP contribution in [0.1, 0.15) is 0 Å². The van der Waals surface area contributed by atoms with E-state index in [0.717, 1.165) is 0 Å². The van der Waals surface area contributed by atoms with Crippen molar-refractivity contribution in [3.63, 3.8) is 0 Å². The Morgan fingerprint density at radius 1 is 2.00 bits per heavy atom. The molecule has 1 nitrogen and oxygen atoms in total. The predicted molar refractivity (Wildman–Crippen MR) is 23.1 cm³/mol. The van der Waals surface area contributed by atoms with Gasteiger partial charge in [0.2, 0.25) is 0 Å². The van der Waals surface area contributed by atoms with Gasteiger partial charge in [0.25, 0.3) is 7.37 Å². The summed E-state index contributed by atoms with van der Waals surface area (Å²) in [4.78, 5) is 0. The lowest BCUT2D eigenvalue weighted by molar-refractivity contribution is 0.603. The molecule has 0 aliphatic rings. The van der Waals surface area contributed by atoms with Crippen molar-refractivity contribution in [2.24, 2.45) is 0 Å². The minimum absolute atomic E-state index is 1.45. The summed E-state index contributed by atoms with van der Waals surface area (Å²) in [6, 6.07) is 0. The monoisotopic (exact) mass is 91.0 g/mol. The van der Waals surface area contributed by atoms with Crippen LogP contribution in [0.5, 0.6) is 0 Å². The molecule has 0 fully saturated rings. The van der Waals surface area contributed by atoms with Crippen LogP contribution in [0.2, 0.25) is 0 Å². The molecule has 0 aromatic carbocycles. The minimum atomic E-state index is -1.45. The molecule has 0 aliphatic carbocycles. The molecule has 0 bridgehead atoms. The highest BCUT2D eigenvalue weighted by Crippen LogP contribution is 2.21. The summed E-state index contributed by atoms with van der Waals surface area (Å²) in [5, 5.41) is 0. The van der Waals surface area contributed by atoms with Gasteiger partial charge in [-0.3, -0.25) is 0 Å². The van der Waals surface area contributed by atoms with E-state index in [0.29, 0.717) is 0 Å². The van der Waals surface area contributed by atoms with Crippen LogP contribution in [0, 0.1) is 0 Å². The van der Waals surface area contributed by atoms with Crippen LogP contribution in [0.4, 0.5) is 0 Å². The van der Waals surface area contributed by atoms with Gasteiger partial charge in [-0.1, -0.05) is 4.57 Å². The summed E-state index contributed by atoms with van der Waals surface area (Å²) in [5.74, 6) is 0. The molecule has 0 aromatic rings. The second kappa shape index (κ2) is 1.87. The molecule has 0 N–H and O–H groups in total. The molecule has 0 heterocycles. The minimum Gasteiger partial charge on any atom is -0.0982 e. The molecule has 0 amide bonds. The van der Waals surface area contributed by atoms with Crippen molar-refractivity contribution < 1.29 is 4.57 Å². The van der Waals surface area contributed by atoms with E-state index < -0.39 is 7.37 Å². The van der Waals surface area contributed by atoms with Gasteiger partial charge >= 0.3 is 7.57 Å². The van der Waals surface area contributed by atoms with E-state index in [9.17, 15) is 4.57 Å². The van der Waals surface area contributed by atoms with Crippen molar-refractivity contribution in [3.8, 4) is 0 Å². The first kappa shape index (κ1) is 4.59. The van der Waals surface area contributed by atoms with Gasteiger partial charge in [-0.2, -0.15) is 0 Å². The molecule has 2 atom stereocenters. The van der Waals surface area contributed by atoms with Crippen molar-refractivity contribution in [3.05, 3.63) is 0 Å². The van der Waals surface area contributed by atoms with Crippen LogP contribution in [-0.4, -0.2) is 7.57 Å². The largest absolute Gasteiger partial charge is 0.506 e. The third kappa shape index (κ3) is 18.6. The fourth-order valence-corrected chi connectivity index (χ4v) is 0. The third-order valence-corrected chi connectivity index (χ3v) is 0. The third-order valence-electron chi connectivity index (χ3n) is 0. The van der Waals surface area contributed by atoms with Crippen molar-refractivity contribution >= 4 is 23.9 Å². The molecule has 0 aromatic heterocycles. The predicted octanol–water partition coefficient (Wildman–Crippen LogP) is 0.687. The molecule has 2 unspecified atom stereocenters. The standard InChI is InChI=1S/BH2OP2/c1-4(2)3/h3H2/q+1. The van der Waals surface area contributed by atoms with Gasteiger partial charge in [-0.05, 0) is 0 Å². The Kier molecular flexibility index (Phi) is 2.15. The van der Waals surface area contributed by atoms with Crippen molar-refractivity contribution in [1.29, 1.82) is 0 Å². The highest BCUT2D eigenvalue weighted by Gasteiger charge is 1.85. The normalized spacial score (nSPS) is 10.8. The van der Waals surface area contributed by atoms with Crippen LogP contribution in [0.25, 0.3) is 0 Å². The van der Waals surface area contributed by atoms with E-state index in [1.54, 1.807) is 0 Å². The molecule has 0 saturated carbocycles. The van der Waals surface area contributed by atoms with Crippen molar-refractivity contribution in [2.75, 3.05) is 0 Å². The molecule has 4 heavy (non-hydrogen) atoms. The molecule has 4 heteroatoms. The molecule has 0 spiro atoms. The van der Waals surface area contributed by atoms with Gasteiger partial charge < -0.3 is 0 Å². The average Bonchev–Trinajstić information content (AvgIpc) is 0.811. The lowest BCUT2D eigenvalue weighted by Gasteiger charge is -1.35. The Labute approximate surface area is 29.4 Å². The van der Waals surface area contributed by atoms with E-state index in [1.807, 2.05) is 8.93 Å². The SMILES string of the molecule is [B][P+](=O)P. The second-order valence-corrected chi connectivity index (χ2v) is 2.61. The zero-order valence-electron chi connectivity index (χ0n) is 2.01. The Balaban J connectivity index is 2.80. The maximum Gasteiger partial charge on any atom is 0.506 e. The van der Waals surface area contributed by atoms with Gasteiger partial charge in [0, 0.05) is 0 Å². The second-order valence-electron chi connectivity index (χ2n) is 0.360. The van der Waals surface area contributed by atoms with E-state index in [2.05, 4.69) is 7.57 Å². The summed E-state index contributed by atoms with van der Waals surface area (Å²) in [5.41, 5.74) is 0. The number of hydrogen-bond acceptors (Lipinski definition) is 1. The first-order valence-corrected chi connectivity index (χ1v) is 3.65. The van der Waals surface area contributed by atoms with Crippen LogP contribution >= 0.6 is 16.3 Å². The van der Waals surface area contributed by atoms with Crippen LogP contribution in [-0.2, 0) is 4.57 Å². The zero-order valence-corrected chi connectivity index (χ0v) is 4.06. The molecular formula is H2BOP2+. The van der Waals surface area contributed by atoms with Gasteiger partial charge in [0.15, 0.2) is 0 Å². The first-order valence-electron chi connectivity index (χ1n) is 0.699. The summed E-state index contributed by atoms with van der Waals surface area (Å²) < 4.78 is 9.33. The molecule has 0 saturated heterocycles. The summed E-state index contributed by atoms with van der Waals surface area (Å²) in [6.07, 6.45) is 0. The zero-order chi connectivity index (χ0) is 3.58. The summed E-state index contributed by atoms with van der Waals surface area (Å²) in [7, 11) is 5.07. The molecule has 0 rings (SSSR count).